The maximum absolute atomic E-state index is 14.2. The molecule has 5 heteroatoms. The highest BCUT2D eigenvalue weighted by molar-refractivity contribution is 6.34. The number of hydrogen-bond acceptors (Lipinski definition) is 1. The van der Waals surface area contributed by atoms with Crippen LogP contribution in [0.5, 0.6) is 0 Å². The van der Waals surface area contributed by atoms with Crippen LogP contribution in [0.3, 0.4) is 0 Å². The molecule has 0 fully saturated rings. The third-order valence-corrected chi connectivity index (χ3v) is 4.34. The van der Waals surface area contributed by atoms with Crippen LogP contribution in [0, 0.1) is 11.6 Å². The minimum atomic E-state index is -0.592. The van der Waals surface area contributed by atoms with Crippen LogP contribution in [0.25, 0.3) is 0 Å². The van der Waals surface area contributed by atoms with E-state index in [1.54, 1.807) is 6.07 Å². The van der Waals surface area contributed by atoms with Gasteiger partial charge in [0.05, 0.1) is 10.7 Å². The summed E-state index contributed by atoms with van der Waals surface area (Å²) in [5.74, 6) is -1.78. The van der Waals surface area contributed by atoms with E-state index in [4.69, 9.17) is 11.6 Å². The summed E-state index contributed by atoms with van der Waals surface area (Å²) >= 11 is 6.08. The van der Waals surface area contributed by atoms with Crippen molar-refractivity contribution in [2.75, 3.05) is 11.4 Å². The summed E-state index contributed by atoms with van der Waals surface area (Å²) in [5.41, 5.74) is 1.74. The molecule has 23 heavy (non-hydrogen) atoms. The zero-order valence-corrected chi connectivity index (χ0v) is 13.2. The van der Waals surface area contributed by atoms with Crippen LogP contribution in [0.15, 0.2) is 48.6 Å². The molecule has 0 aromatic heterocycles. The van der Waals surface area contributed by atoms with Crippen LogP contribution in [-0.4, -0.2) is 12.5 Å². The lowest BCUT2D eigenvalue weighted by Crippen LogP contribution is -2.41. The van der Waals surface area contributed by atoms with Gasteiger partial charge in [0.2, 0.25) is 0 Å². The van der Waals surface area contributed by atoms with E-state index in [0.717, 1.165) is 5.57 Å². The van der Waals surface area contributed by atoms with Crippen molar-refractivity contribution in [3.05, 3.63) is 76.3 Å². The Bertz CT molecular complexity index is 798. The topological polar surface area (TPSA) is 20.3 Å². The number of hydrogen-bond donors (Lipinski definition) is 0. The second kappa shape index (κ2) is 5.78. The normalized spacial score (nSPS) is 17.1. The lowest BCUT2D eigenvalue weighted by atomic mass is 9.85. The van der Waals surface area contributed by atoms with E-state index in [9.17, 15) is 13.6 Å². The number of nitrogens with zero attached hydrogens (tertiary/aromatic N) is 1. The Morgan fingerprint density at radius 2 is 2.04 bits per heavy atom. The predicted molar refractivity (Wildman–Crippen MR) is 87.0 cm³/mol. The highest BCUT2D eigenvalue weighted by Crippen LogP contribution is 2.38. The molecule has 1 amide bonds. The molecule has 0 saturated heterocycles. The molecule has 0 saturated carbocycles. The number of rotatable bonds is 2. The Labute approximate surface area is 138 Å². The highest BCUT2D eigenvalue weighted by atomic mass is 35.5. The van der Waals surface area contributed by atoms with Crippen LogP contribution in [0.4, 0.5) is 14.5 Å². The number of fused-ring (bicyclic) bond motifs is 1. The van der Waals surface area contributed by atoms with Crippen LogP contribution < -0.4 is 4.90 Å². The van der Waals surface area contributed by atoms with Gasteiger partial charge in [0.25, 0.3) is 5.91 Å². The molecule has 1 aliphatic rings. The Balaban J connectivity index is 2.18. The SMILES string of the molecule is C=C(C)C1CN(c2c(F)cccc2Cl)C(=O)c2cc(F)ccc21. The van der Waals surface area contributed by atoms with E-state index in [2.05, 4.69) is 6.58 Å². The van der Waals surface area contributed by atoms with Crippen molar-refractivity contribution in [2.45, 2.75) is 12.8 Å². The molecule has 0 spiro atoms. The zero-order valence-electron chi connectivity index (χ0n) is 12.4. The van der Waals surface area contributed by atoms with Gasteiger partial charge in [-0.3, -0.25) is 4.79 Å². The third kappa shape index (κ3) is 2.63. The first kappa shape index (κ1) is 15.7. The molecule has 118 valence electrons. The van der Waals surface area contributed by atoms with Crippen molar-refractivity contribution in [3.8, 4) is 0 Å². The molecule has 1 aliphatic heterocycles. The number of anilines is 1. The lowest BCUT2D eigenvalue weighted by Gasteiger charge is -2.35. The van der Waals surface area contributed by atoms with E-state index in [0.29, 0.717) is 5.56 Å². The average molecular weight is 334 g/mol. The largest absolute Gasteiger partial charge is 0.303 e. The molecule has 0 N–H and O–H groups in total. The van der Waals surface area contributed by atoms with Crippen molar-refractivity contribution in [2.24, 2.45) is 0 Å². The van der Waals surface area contributed by atoms with Crippen molar-refractivity contribution < 1.29 is 13.6 Å². The second-order valence-electron chi connectivity index (χ2n) is 5.62. The molecule has 3 rings (SSSR count). The lowest BCUT2D eigenvalue weighted by molar-refractivity contribution is 0.0976. The average Bonchev–Trinajstić information content (AvgIpc) is 2.49. The number of benzene rings is 2. The minimum Gasteiger partial charge on any atom is -0.303 e. The molecule has 2 aromatic rings. The number of halogens is 3. The van der Waals surface area contributed by atoms with E-state index in [-0.39, 0.29) is 28.7 Å². The van der Waals surface area contributed by atoms with Gasteiger partial charge < -0.3 is 4.90 Å². The molecule has 1 heterocycles. The summed E-state index contributed by atoms with van der Waals surface area (Å²) in [6, 6.07) is 8.30. The Hall–Kier alpha value is -2.20. The monoisotopic (exact) mass is 333 g/mol. The van der Waals surface area contributed by atoms with Crippen molar-refractivity contribution >= 4 is 23.2 Å². The van der Waals surface area contributed by atoms with Crippen molar-refractivity contribution in [1.29, 1.82) is 0 Å². The molecule has 0 aliphatic carbocycles. The van der Waals surface area contributed by atoms with E-state index in [1.165, 1.54) is 35.2 Å². The standard InChI is InChI=1S/C18H14ClF2NO/c1-10(2)14-9-22(17-15(19)4-3-5-16(17)21)18(23)13-8-11(20)6-7-12(13)14/h3-8,14H,1,9H2,2H3. The van der Waals surface area contributed by atoms with Gasteiger partial charge in [-0.2, -0.15) is 0 Å². The van der Waals surface area contributed by atoms with Crippen LogP contribution in [0.2, 0.25) is 5.02 Å². The third-order valence-electron chi connectivity index (χ3n) is 4.03. The van der Waals surface area contributed by atoms with Gasteiger partial charge in [0.1, 0.15) is 11.6 Å². The maximum atomic E-state index is 14.2. The Morgan fingerprint density at radius 1 is 1.30 bits per heavy atom. The fourth-order valence-corrected chi connectivity index (χ4v) is 3.15. The summed E-state index contributed by atoms with van der Waals surface area (Å²) in [7, 11) is 0. The number of para-hydroxylation sites is 1. The molecule has 0 radical (unpaired) electrons. The first-order valence-corrected chi connectivity index (χ1v) is 7.48. The van der Waals surface area contributed by atoms with Gasteiger partial charge in [-0.15, -0.1) is 0 Å². The van der Waals surface area contributed by atoms with Gasteiger partial charge >= 0.3 is 0 Å². The highest BCUT2D eigenvalue weighted by Gasteiger charge is 2.34. The smallest absolute Gasteiger partial charge is 0.258 e. The molecule has 2 nitrogen and oxygen atoms in total. The van der Waals surface area contributed by atoms with Crippen molar-refractivity contribution in [1.82, 2.24) is 0 Å². The second-order valence-corrected chi connectivity index (χ2v) is 6.02. The van der Waals surface area contributed by atoms with Crippen molar-refractivity contribution in [3.63, 3.8) is 0 Å². The summed E-state index contributed by atoms with van der Waals surface area (Å²) in [6.07, 6.45) is 0. The maximum Gasteiger partial charge on any atom is 0.258 e. The van der Waals surface area contributed by atoms with Gasteiger partial charge in [0.15, 0.2) is 0 Å². The zero-order chi connectivity index (χ0) is 16.7. The quantitative estimate of drug-likeness (QED) is 0.713. The number of carbonyl (C=O) groups is 1. The van der Waals surface area contributed by atoms with Gasteiger partial charge in [-0.05, 0) is 36.8 Å². The minimum absolute atomic E-state index is 0.0142. The fraction of sp³-hybridized carbons (Fsp3) is 0.167. The van der Waals surface area contributed by atoms with Gasteiger partial charge in [0, 0.05) is 18.0 Å². The van der Waals surface area contributed by atoms with Gasteiger partial charge in [-0.25, -0.2) is 8.78 Å². The fourth-order valence-electron chi connectivity index (χ4n) is 2.89. The molecule has 0 bridgehead atoms. The summed E-state index contributed by atoms with van der Waals surface area (Å²) in [6.45, 7) is 5.98. The van der Waals surface area contributed by atoms with Crippen LogP contribution in [0.1, 0.15) is 28.8 Å². The first-order chi connectivity index (χ1) is 10.9. The van der Waals surface area contributed by atoms with Gasteiger partial charge in [-0.1, -0.05) is 35.9 Å². The van der Waals surface area contributed by atoms with Crippen LogP contribution in [-0.2, 0) is 0 Å². The summed E-state index contributed by atoms with van der Waals surface area (Å²) < 4.78 is 27.8. The predicted octanol–water partition coefficient (Wildman–Crippen LogP) is 4.94. The summed E-state index contributed by atoms with van der Waals surface area (Å²) in [4.78, 5) is 14.0. The molecule has 1 atom stereocenters. The summed E-state index contributed by atoms with van der Waals surface area (Å²) in [5, 5.41) is 0.138. The number of carbonyl (C=O) groups excluding carboxylic acids is 1. The molecular formula is C18H14ClF2NO. The molecular weight excluding hydrogens is 320 g/mol. The number of amides is 1. The molecule has 2 aromatic carbocycles. The van der Waals surface area contributed by atoms with Crippen LogP contribution >= 0.6 is 11.6 Å². The molecule has 1 unspecified atom stereocenters. The first-order valence-electron chi connectivity index (χ1n) is 7.11. The Kier molecular flexibility index (Phi) is 3.94. The Morgan fingerprint density at radius 3 is 2.70 bits per heavy atom. The van der Waals surface area contributed by atoms with E-state index < -0.39 is 17.5 Å². The van der Waals surface area contributed by atoms with E-state index >= 15 is 0 Å². The van der Waals surface area contributed by atoms with E-state index in [1.807, 2.05) is 6.92 Å².